The molecule has 3 fully saturated rings. The Morgan fingerprint density at radius 2 is 1.79 bits per heavy atom. The van der Waals surface area contributed by atoms with Gasteiger partial charge in [-0.15, -0.1) is 0 Å². The molecular formula is C31H39N3O5. The number of benzene rings is 2. The van der Waals surface area contributed by atoms with Crippen molar-refractivity contribution in [2.24, 2.45) is 17.8 Å². The summed E-state index contributed by atoms with van der Waals surface area (Å²) in [4.78, 5) is 43.7. The number of ether oxygens (including phenoxy) is 1. The van der Waals surface area contributed by atoms with Crippen molar-refractivity contribution in [3.8, 4) is 0 Å². The highest BCUT2D eigenvalue weighted by Gasteiger charge is 2.79. The van der Waals surface area contributed by atoms with Crippen LogP contribution in [0.2, 0.25) is 0 Å². The second-order valence-electron chi connectivity index (χ2n) is 11.7. The Bertz CT molecular complexity index is 1270. The second-order valence-corrected chi connectivity index (χ2v) is 11.7. The summed E-state index contributed by atoms with van der Waals surface area (Å²) in [5, 5.41) is 15.3. The maximum atomic E-state index is 14.2. The minimum Gasteiger partial charge on any atom is -0.396 e. The van der Waals surface area contributed by atoms with Gasteiger partial charge >= 0.3 is 0 Å². The van der Waals surface area contributed by atoms with Crippen molar-refractivity contribution in [1.82, 2.24) is 4.90 Å². The van der Waals surface area contributed by atoms with Gasteiger partial charge in [0.15, 0.2) is 0 Å². The molecule has 0 saturated carbocycles. The molecule has 8 nitrogen and oxygen atoms in total. The first-order valence-corrected chi connectivity index (χ1v) is 14.0. The number of nitrogens with one attached hydrogen (secondary N) is 2. The summed E-state index contributed by atoms with van der Waals surface area (Å²) in [6, 6.07) is 14.2. The smallest absolute Gasteiger partial charge is 0.250 e. The van der Waals surface area contributed by atoms with Crippen molar-refractivity contribution >= 4 is 29.1 Å². The zero-order valence-electron chi connectivity index (χ0n) is 23.2. The van der Waals surface area contributed by atoms with Gasteiger partial charge in [0.1, 0.15) is 11.6 Å². The summed E-state index contributed by atoms with van der Waals surface area (Å²) in [5.41, 5.74) is 1.35. The fraction of sp³-hybridized carbons (Fsp3) is 0.516. The van der Waals surface area contributed by atoms with E-state index in [2.05, 4.69) is 10.6 Å². The van der Waals surface area contributed by atoms with Crippen LogP contribution in [-0.2, 0) is 19.1 Å². The van der Waals surface area contributed by atoms with Crippen LogP contribution in [-0.4, -0.2) is 58.1 Å². The number of anilines is 2. The normalized spacial score (nSPS) is 30.9. The third kappa shape index (κ3) is 4.53. The van der Waals surface area contributed by atoms with Crippen LogP contribution in [0.1, 0.15) is 50.7 Å². The van der Waals surface area contributed by atoms with Crippen LogP contribution in [0.25, 0.3) is 0 Å². The van der Waals surface area contributed by atoms with Gasteiger partial charge < -0.3 is 25.4 Å². The van der Waals surface area contributed by atoms with E-state index in [0.29, 0.717) is 37.2 Å². The standard InChI is InChI=1S/C31H39N3O5/c1-19-13-14-20(2)23(17-19)33-28(37)26-31-18-21(3)30(4,39-31)24(27(36)32-22-11-7-5-8-12-22)25(31)29(38)34(26)15-9-6-10-16-35/h5,7-8,11-14,17,21,24-26,35H,6,9-10,15-16,18H2,1-4H3,(H,32,36)(H,33,37)/t21?,24-,25+,26?,30+,31?/m1/s1. The Morgan fingerprint density at radius 1 is 1.05 bits per heavy atom. The van der Waals surface area contributed by atoms with Crippen LogP contribution in [0, 0.1) is 31.6 Å². The Morgan fingerprint density at radius 3 is 2.51 bits per heavy atom. The van der Waals surface area contributed by atoms with Gasteiger partial charge in [0.05, 0.1) is 17.4 Å². The van der Waals surface area contributed by atoms with Crippen molar-refractivity contribution in [2.45, 2.75) is 70.6 Å². The quantitative estimate of drug-likeness (QED) is 0.422. The molecule has 8 heteroatoms. The van der Waals surface area contributed by atoms with Crippen molar-refractivity contribution in [3.63, 3.8) is 0 Å². The predicted octanol–water partition coefficient (Wildman–Crippen LogP) is 4.05. The molecule has 0 aromatic heterocycles. The molecule has 2 aromatic rings. The number of carbonyl (C=O) groups is 3. The van der Waals surface area contributed by atoms with Gasteiger partial charge in [-0.2, -0.15) is 0 Å². The maximum Gasteiger partial charge on any atom is 0.250 e. The number of aliphatic hydroxyl groups excluding tert-OH is 1. The van der Waals surface area contributed by atoms with E-state index in [0.717, 1.165) is 17.5 Å². The molecule has 5 rings (SSSR count). The SMILES string of the molecule is Cc1ccc(C)c(NC(=O)C2N(CCCCCO)C(=O)[C@@H]3[C@H](C(=O)Nc4ccccc4)[C@@]4(C)OC23CC4C)c1. The number of carbonyl (C=O) groups excluding carboxylic acids is 3. The molecule has 3 N–H and O–H groups in total. The number of fused-ring (bicyclic) bond motifs is 1. The number of aliphatic hydroxyl groups is 1. The lowest BCUT2D eigenvalue weighted by molar-refractivity contribution is -0.144. The van der Waals surface area contributed by atoms with Gasteiger partial charge in [0.2, 0.25) is 17.7 Å². The average Bonchev–Trinajstić information content (AvgIpc) is 3.41. The van der Waals surface area contributed by atoms with Crippen molar-refractivity contribution in [3.05, 3.63) is 59.7 Å². The van der Waals surface area contributed by atoms with Gasteiger partial charge in [-0.1, -0.05) is 37.3 Å². The third-order valence-corrected chi connectivity index (χ3v) is 9.09. The number of hydrogen-bond donors (Lipinski definition) is 3. The van der Waals surface area contributed by atoms with Gasteiger partial charge in [0.25, 0.3) is 0 Å². The lowest BCUT2D eigenvalue weighted by Gasteiger charge is -2.36. The Labute approximate surface area is 230 Å². The van der Waals surface area contributed by atoms with Crippen molar-refractivity contribution < 1.29 is 24.2 Å². The molecular weight excluding hydrogens is 494 g/mol. The van der Waals surface area contributed by atoms with E-state index < -0.39 is 29.1 Å². The number of hydrogen-bond acceptors (Lipinski definition) is 5. The molecule has 1 spiro atoms. The number of nitrogens with zero attached hydrogens (tertiary/aromatic N) is 1. The van der Waals surface area contributed by atoms with Crippen LogP contribution < -0.4 is 10.6 Å². The van der Waals surface area contributed by atoms with Crippen molar-refractivity contribution in [1.29, 1.82) is 0 Å². The van der Waals surface area contributed by atoms with Crippen molar-refractivity contribution in [2.75, 3.05) is 23.8 Å². The molecule has 3 unspecified atom stereocenters. The highest BCUT2D eigenvalue weighted by Crippen LogP contribution is 2.65. The number of amides is 3. The molecule has 3 saturated heterocycles. The average molecular weight is 534 g/mol. The molecule has 3 aliphatic rings. The molecule has 3 amide bonds. The van der Waals surface area contributed by atoms with E-state index in [-0.39, 0.29) is 30.2 Å². The first-order chi connectivity index (χ1) is 18.6. The van der Waals surface area contributed by atoms with E-state index in [4.69, 9.17) is 4.74 Å². The number of para-hydroxylation sites is 1. The second kappa shape index (κ2) is 10.4. The van der Waals surface area contributed by atoms with Gasteiger partial charge in [0, 0.05) is 24.5 Å². The lowest BCUT2D eigenvalue weighted by atomic mass is 9.62. The van der Waals surface area contributed by atoms with E-state index in [1.54, 1.807) is 4.90 Å². The predicted molar refractivity (Wildman–Crippen MR) is 149 cm³/mol. The van der Waals surface area contributed by atoms with E-state index in [9.17, 15) is 19.5 Å². The zero-order valence-corrected chi connectivity index (χ0v) is 23.2. The topological polar surface area (TPSA) is 108 Å². The summed E-state index contributed by atoms with van der Waals surface area (Å²) in [6.07, 6.45) is 2.53. The molecule has 2 aromatic carbocycles. The monoisotopic (exact) mass is 533 g/mol. The van der Waals surface area contributed by atoms with E-state index in [1.165, 1.54) is 0 Å². The molecule has 6 atom stereocenters. The third-order valence-electron chi connectivity index (χ3n) is 9.09. The fourth-order valence-electron chi connectivity index (χ4n) is 7.06. The summed E-state index contributed by atoms with van der Waals surface area (Å²) in [6.45, 7) is 8.31. The summed E-state index contributed by atoms with van der Waals surface area (Å²) >= 11 is 0. The van der Waals surface area contributed by atoms with Gasteiger partial charge in [-0.05, 0) is 81.7 Å². The molecule has 39 heavy (non-hydrogen) atoms. The minimum atomic E-state index is -1.09. The first-order valence-electron chi connectivity index (χ1n) is 14.0. The molecule has 0 radical (unpaired) electrons. The van der Waals surface area contributed by atoms with Gasteiger partial charge in [-0.3, -0.25) is 14.4 Å². The molecule has 3 aliphatic heterocycles. The van der Waals surface area contributed by atoms with E-state index >= 15 is 0 Å². The number of unbranched alkanes of at least 4 members (excludes halogenated alkanes) is 2. The summed E-state index contributed by atoms with van der Waals surface area (Å²) < 4.78 is 6.78. The van der Waals surface area contributed by atoms with Crippen LogP contribution in [0.5, 0.6) is 0 Å². The van der Waals surface area contributed by atoms with Crippen LogP contribution >= 0.6 is 0 Å². The number of likely N-dealkylation sites (tertiary alicyclic amines) is 1. The minimum absolute atomic E-state index is 0.0292. The highest BCUT2D eigenvalue weighted by atomic mass is 16.5. The fourth-order valence-corrected chi connectivity index (χ4v) is 7.06. The number of rotatable bonds is 9. The molecule has 2 bridgehead atoms. The maximum absolute atomic E-state index is 14.2. The molecule has 3 heterocycles. The number of aryl methyl sites for hydroxylation is 2. The van der Waals surface area contributed by atoms with Crippen LogP contribution in [0.4, 0.5) is 11.4 Å². The highest BCUT2D eigenvalue weighted by molar-refractivity contribution is 6.05. The molecule has 208 valence electrons. The van der Waals surface area contributed by atoms with Gasteiger partial charge in [-0.25, -0.2) is 0 Å². The van der Waals surface area contributed by atoms with Crippen LogP contribution in [0.15, 0.2) is 48.5 Å². The Hall–Kier alpha value is -3.23. The Balaban J connectivity index is 1.51. The first kappa shape index (κ1) is 27.3. The zero-order chi connectivity index (χ0) is 27.9. The lowest BCUT2D eigenvalue weighted by Crippen LogP contribution is -2.54. The van der Waals surface area contributed by atoms with E-state index in [1.807, 2.05) is 76.2 Å². The molecule has 0 aliphatic carbocycles. The summed E-state index contributed by atoms with van der Waals surface area (Å²) in [5.74, 6) is -2.27. The summed E-state index contributed by atoms with van der Waals surface area (Å²) in [7, 11) is 0. The largest absolute Gasteiger partial charge is 0.396 e. The Kier molecular flexibility index (Phi) is 7.29. The van der Waals surface area contributed by atoms with Crippen LogP contribution in [0.3, 0.4) is 0 Å².